The van der Waals surface area contributed by atoms with Gasteiger partial charge in [-0.1, -0.05) is 36.4 Å². The molecule has 6 nitrogen and oxygen atoms in total. The standard InChI is InChI=1S/C19H21N3O3/c1-12-8-9-15(10-13(12)2)19(25)21-11-16(23)22-17(18(20)24)14-6-4-3-5-7-14/h3-10,17H,11H2,1-2H3,(H2,20,24)(H,21,25)(H,22,23). The van der Waals surface area contributed by atoms with Crippen molar-refractivity contribution in [1.82, 2.24) is 10.6 Å². The number of aryl methyl sites for hydroxylation is 2. The predicted molar refractivity (Wildman–Crippen MR) is 94.8 cm³/mol. The third-order valence-electron chi connectivity index (χ3n) is 3.90. The number of nitrogens with one attached hydrogen (secondary N) is 2. The molecule has 0 saturated carbocycles. The number of amides is 3. The van der Waals surface area contributed by atoms with Crippen LogP contribution in [-0.4, -0.2) is 24.3 Å². The molecular weight excluding hydrogens is 318 g/mol. The van der Waals surface area contributed by atoms with E-state index in [1.807, 2.05) is 19.9 Å². The first-order valence-corrected chi connectivity index (χ1v) is 7.87. The average molecular weight is 339 g/mol. The molecule has 130 valence electrons. The van der Waals surface area contributed by atoms with Crippen LogP contribution in [0.25, 0.3) is 0 Å². The molecule has 25 heavy (non-hydrogen) atoms. The number of carbonyl (C=O) groups excluding carboxylic acids is 3. The molecule has 0 radical (unpaired) electrons. The van der Waals surface area contributed by atoms with Crippen molar-refractivity contribution < 1.29 is 14.4 Å². The van der Waals surface area contributed by atoms with Crippen LogP contribution in [0.1, 0.15) is 33.1 Å². The first-order chi connectivity index (χ1) is 11.9. The smallest absolute Gasteiger partial charge is 0.251 e. The third-order valence-corrected chi connectivity index (χ3v) is 3.90. The molecule has 0 aromatic heterocycles. The van der Waals surface area contributed by atoms with Gasteiger partial charge in [-0.2, -0.15) is 0 Å². The number of nitrogens with two attached hydrogens (primary N) is 1. The van der Waals surface area contributed by atoms with Crippen LogP contribution >= 0.6 is 0 Å². The van der Waals surface area contributed by atoms with Gasteiger partial charge in [-0.3, -0.25) is 14.4 Å². The number of hydrogen-bond donors (Lipinski definition) is 3. The fourth-order valence-corrected chi connectivity index (χ4v) is 2.32. The number of carbonyl (C=O) groups is 3. The minimum atomic E-state index is -0.938. The Hall–Kier alpha value is -3.15. The van der Waals surface area contributed by atoms with Crippen molar-refractivity contribution in [3.05, 3.63) is 70.8 Å². The molecule has 0 spiro atoms. The molecule has 0 saturated heterocycles. The van der Waals surface area contributed by atoms with Gasteiger partial charge in [0.25, 0.3) is 5.91 Å². The van der Waals surface area contributed by atoms with Crippen LogP contribution in [-0.2, 0) is 9.59 Å². The Bertz CT molecular complexity index is 788. The summed E-state index contributed by atoms with van der Waals surface area (Å²) in [6.45, 7) is 3.62. The summed E-state index contributed by atoms with van der Waals surface area (Å²) < 4.78 is 0. The molecule has 2 aromatic rings. The first-order valence-electron chi connectivity index (χ1n) is 7.87. The molecule has 0 bridgehead atoms. The van der Waals surface area contributed by atoms with Crippen molar-refractivity contribution in [1.29, 1.82) is 0 Å². The topological polar surface area (TPSA) is 101 Å². The van der Waals surface area contributed by atoms with Gasteiger partial charge in [0.05, 0.1) is 6.54 Å². The largest absolute Gasteiger partial charge is 0.368 e. The van der Waals surface area contributed by atoms with Crippen molar-refractivity contribution in [3.8, 4) is 0 Å². The SMILES string of the molecule is Cc1ccc(C(=O)NCC(=O)NC(C(N)=O)c2ccccc2)cc1C. The zero-order valence-electron chi connectivity index (χ0n) is 14.2. The second-order valence-electron chi connectivity index (χ2n) is 5.80. The summed E-state index contributed by atoms with van der Waals surface area (Å²) in [5.74, 6) is -1.52. The molecule has 0 aliphatic carbocycles. The van der Waals surface area contributed by atoms with Gasteiger partial charge in [0.1, 0.15) is 6.04 Å². The van der Waals surface area contributed by atoms with Crippen molar-refractivity contribution >= 4 is 17.7 Å². The zero-order valence-corrected chi connectivity index (χ0v) is 14.2. The third kappa shape index (κ3) is 4.91. The Labute approximate surface area is 146 Å². The molecule has 6 heteroatoms. The fourth-order valence-electron chi connectivity index (χ4n) is 2.32. The van der Waals surface area contributed by atoms with Gasteiger partial charge in [0, 0.05) is 5.56 Å². The van der Waals surface area contributed by atoms with E-state index in [9.17, 15) is 14.4 Å². The van der Waals surface area contributed by atoms with Crippen molar-refractivity contribution in [2.45, 2.75) is 19.9 Å². The van der Waals surface area contributed by atoms with Gasteiger partial charge in [-0.25, -0.2) is 0 Å². The predicted octanol–water partition coefficient (Wildman–Crippen LogP) is 1.38. The second-order valence-corrected chi connectivity index (χ2v) is 5.80. The van der Waals surface area contributed by atoms with Crippen LogP contribution in [0.2, 0.25) is 0 Å². The molecule has 2 rings (SSSR count). The van der Waals surface area contributed by atoms with Crippen LogP contribution in [0, 0.1) is 13.8 Å². The van der Waals surface area contributed by atoms with E-state index < -0.39 is 17.9 Å². The number of primary amides is 1. The van der Waals surface area contributed by atoms with E-state index in [2.05, 4.69) is 10.6 Å². The first kappa shape index (κ1) is 18.2. The summed E-state index contributed by atoms with van der Waals surface area (Å²) in [4.78, 5) is 35.8. The highest BCUT2D eigenvalue weighted by Crippen LogP contribution is 2.12. The highest BCUT2D eigenvalue weighted by atomic mass is 16.2. The number of hydrogen-bond acceptors (Lipinski definition) is 3. The lowest BCUT2D eigenvalue weighted by Crippen LogP contribution is -2.42. The normalized spacial score (nSPS) is 11.4. The van der Waals surface area contributed by atoms with Gasteiger partial charge < -0.3 is 16.4 Å². The van der Waals surface area contributed by atoms with Crippen molar-refractivity contribution in [2.75, 3.05) is 6.54 Å². The highest BCUT2D eigenvalue weighted by Gasteiger charge is 2.20. The Morgan fingerprint density at radius 2 is 1.68 bits per heavy atom. The van der Waals surface area contributed by atoms with Gasteiger partial charge in [-0.15, -0.1) is 0 Å². The Morgan fingerprint density at radius 1 is 1.00 bits per heavy atom. The molecule has 3 amide bonds. The molecule has 0 aliphatic rings. The molecule has 0 aliphatic heterocycles. The monoisotopic (exact) mass is 339 g/mol. The van der Waals surface area contributed by atoms with Gasteiger partial charge in [-0.05, 0) is 42.7 Å². The lowest BCUT2D eigenvalue weighted by atomic mass is 10.1. The molecule has 1 unspecified atom stereocenters. The van der Waals surface area contributed by atoms with Gasteiger partial charge >= 0.3 is 0 Å². The Morgan fingerprint density at radius 3 is 2.28 bits per heavy atom. The fraction of sp³-hybridized carbons (Fsp3) is 0.211. The van der Waals surface area contributed by atoms with Crippen LogP contribution in [0.4, 0.5) is 0 Å². The Balaban J connectivity index is 1.96. The minimum absolute atomic E-state index is 0.248. The van der Waals surface area contributed by atoms with E-state index in [0.717, 1.165) is 11.1 Å². The summed E-state index contributed by atoms with van der Waals surface area (Å²) in [5, 5.41) is 5.07. The lowest BCUT2D eigenvalue weighted by molar-refractivity contribution is -0.126. The van der Waals surface area contributed by atoms with Crippen molar-refractivity contribution in [3.63, 3.8) is 0 Å². The maximum absolute atomic E-state index is 12.1. The molecule has 4 N–H and O–H groups in total. The zero-order chi connectivity index (χ0) is 18.4. The maximum Gasteiger partial charge on any atom is 0.251 e. The van der Waals surface area contributed by atoms with E-state index in [-0.39, 0.29) is 12.5 Å². The van der Waals surface area contributed by atoms with Crippen LogP contribution in [0.15, 0.2) is 48.5 Å². The van der Waals surface area contributed by atoms with E-state index >= 15 is 0 Å². The molecular formula is C19H21N3O3. The van der Waals surface area contributed by atoms with Gasteiger partial charge in [0.2, 0.25) is 11.8 Å². The van der Waals surface area contributed by atoms with E-state index in [4.69, 9.17) is 5.73 Å². The summed E-state index contributed by atoms with van der Waals surface area (Å²) in [6, 6.07) is 13.1. The maximum atomic E-state index is 12.1. The quantitative estimate of drug-likeness (QED) is 0.741. The van der Waals surface area contributed by atoms with Crippen molar-refractivity contribution in [2.24, 2.45) is 5.73 Å². The summed E-state index contributed by atoms with van der Waals surface area (Å²) in [5.41, 5.74) is 8.50. The average Bonchev–Trinajstić information content (AvgIpc) is 2.60. The minimum Gasteiger partial charge on any atom is -0.368 e. The van der Waals surface area contributed by atoms with E-state index in [0.29, 0.717) is 11.1 Å². The second kappa shape index (κ2) is 8.10. The summed E-state index contributed by atoms with van der Waals surface area (Å²) >= 11 is 0. The van der Waals surface area contributed by atoms with Crippen LogP contribution < -0.4 is 16.4 Å². The highest BCUT2D eigenvalue weighted by molar-refractivity contribution is 5.97. The lowest BCUT2D eigenvalue weighted by Gasteiger charge is -2.16. The molecule has 0 fully saturated rings. The van der Waals surface area contributed by atoms with Crippen LogP contribution in [0.3, 0.4) is 0 Å². The summed E-state index contributed by atoms with van der Waals surface area (Å²) in [6.07, 6.45) is 0. The van der Waals surface area contributed by atoms with E-state index in [1.165, 1.54) is 0 Å². The van der Waals surface area contributed by atoms with E-state index in [1.54, 1.807) is 42.5 Å². The Kier molecular flexibility index (Phi) is 5.89. The number of rotatable bonds is 6. The molecule has 2 aromatic carbocycles. The number of benzene rings is 2. The van der Waals surface area contributed by atoms with Gasteiger partial charge in [0.15, 0.2) is 0 Å². The van der Waals surface area contributed by atoms with Crippen LogP contribution in [0.5, 0.6) is 0 Å². The molecule has 0 heterocycles. The molecule has 1 atom stereocenters. The summed E-state index contributed by atoms with van der Waals surface area (Å²) in [7, 11) is 0.